The largest absolute Gasteiger partial charge is 0.352 e. The first-order valence-corrected chi connectivity index (χ1v) is 9.39. The number of carbonyl (C=O) groups excluding carboxylic acids is 3. The van der Waals surface area contributed by atoms with Gasteiger partial charge in [-0.1, -0.05) is 6.92 Å². The van der Waals surface area contributed by atoms with Crippen molar-refractivity contribution in [3.8, 4) is 0 Å². The molecule has 1 saturated heterocycles. The Morgan fingerprint density at radius 2 is 1.86 bits per heavy atom. The highest BCUT2D eigenvalue weighted by Crippen LogP contribution is 2.30. The van der Waals surface area contributed by atoms with Gasteiger partial charge in [0.1, 0.15) is 12.1 Å². The van der Waals surface area contributed by atoms with Gasteiger partial charge in [-0.15, -0.1) is 0 Å². The normalized spacial score (nSPS) is 27.4. The summed E-state index contributed by atoms with van der Waals surface area (Å²) in [6.45, 7) is 3.36. The number of hydrogen-bond acceptors (Lipinski definition) is 5. The van der Waals surface area contributed by atoms with Crippen LogP contribution in [0.25, 0.3) is 0 Å². The predicted octanol–water partition coefficient (Wildman–Crippen LogP) is 2.06. The minimum atomic E-state index is -1.37. The Kier molecular flexibility index (Phi) is 5.35. The lowest BCUT2D eigenvalue weighted by Crippen LogP contribution is -2.46. The molecule has 9 nitrogen and oxygen atoms in total. The molecule has 1 heterocycles. The van der Waals surface area contributed by atoms with Crippen LogP contribution in [-0.2, 0) is 15.1 Å². The maximum absolute atomic E-state index is 12.9. The van der Waals surface area contributed by atoms with E-state index in [2.05, 4.69) is 17.6 Å². The van der Waals surface area contributed by atoms with Gasteiger partial charge in [0.15, 0.2) is 0 Å². The second-order valence-corrected chi connectivity index (χ2v) is 7.77. The number of rotatable bonds is 5. The highest BCUT2D eigenvalue weighted by atomic mass is 16.6. The summed E-state index contributed by atoms with van der Waals surface area (Å²) in [5.41, 5.74) is -1.06. The fourth-order valence-electron chi connectivity index (χ4n) is 3.77. The third kappa shape index (κ3) is 3.83. The van der Waals surface area contributed by atoms with Gasteiger partial charge in [0.05, 0.1) is 4.92 Å². The van der Waals surface area contributed by atoms with Crippen molar-refractivity contribution >= 4 is 23.5 Å². The molecular formula is C19H24N4O5. The van der Waals surface area contributed by atoms with E-state index >= 15 is 0 Å². The number of nitrogens with zero attached hydrogens (tertiary/aromatic N) is 2. The molecule has 0 aromatic heterocycles. The molecule has 1 atom stereocenters. The van der Waals surface area contributed by atoms with E-state index in [4.69, 9.17) is 0 Å². The molecule has 2 aliphatic rings. The van der Waals surface area contributed by atoms with Crippen molar-refractivity contribution in [3.05, 3.63) is 39.9 Å². The SMILES string of the molecule is CC1CCC(NC(=O)CN2C(=O)N[C@](C)(c3ccc([N+](=O)[O-])cc3)C2=O)CC1. The third-order valence-corrected chi connectivity index (χ3v) is 5.61. The zero-order valence-corrected chi connectivity index (χ0v) is 15.9. The second kappa shape index (κ2) is 7.57. The monoisotopic (exact) mass is 388 g/mol. The second-order valence-electron chi connectivity index (χ2n) is 7.77. The molecule has 3 rings (SSSR count). The molecule has 2 fully saturated rings. The van der Waals surface area contributed by atoms with E-state index in [0.29, 0.717) is 11.5 Å². The number of hydrogen-bond donors (Lipinski definition) is 2. The summed E-state index contributed by atoms with van der Waals surface area (Å²) >= 11 is 0. The summed E-state index contributed by atoms with van der Waals surface area (Å²) < 4.78 is 0. The number of carbonyl (C=O) groups is 3. The molecular weight excluding hydrogens is 364 g/mol. The number of non-ortho nitro benzene ring substituents is 1. The lowest BCUT2D eigenvalue weighted by atomic mass is 9.87. The van der Waals surface area contributed by atoms with Gasteiger partial charge in [-0.25, -0.2) is 4.79 Å². The van der Waals surface area contributed by atoms with E-state index in [0.717, 1.165) is 30.6 Å². The van der Waals surface area contributed by atoms with Gasteiger partial charge < -0.3 is 10.6 Å². The lowest BCUT2D eigenvalue weighted by molar-refractivity contribution is -0.384. The van der Waals surface area contributed by atoms with Crippen LogP contribution in [0.4, 0.5) is 10.5 Å². The van der Waals surface area contributed by atoms with Crippen molar-refractivity contribution in [2.75, 3.05) is 6.54 Å². The summed E-state index contributed by atoms with van der Waals surface area (Å²) in [4.78, 5) is 48.7. The van der Waals surface area contributed by atoms with Crippen molar-refractivity contribution in [2.24, 2.45) is 5.92 Å². The van der Waals surface area contributed by atoms with E-state index in [9.17, 15) is 24.5 Å². The van der Waals surface area contributed by atoms with Crippen molar-refractivity contribution in [1.82, 2.24) is 15.5 Å². The van der Waals surface area contributed by atoms with Crippen molar-refractivity contribution in [3.63, 3.8) is 0 Å². The molecule has 1 aromatic rings. The van der Waals surface area contributed by atoms with Crippen LogP contribution in [0.1, 0.15) is 45.1 Å². The molecule has 1 aromatic carbocycles. The molecule has 4 amide bonds. The summed E-state index contributed by atoms with van der Waals surface area (Å²) in [5.74, 6) is -0.267. The van der Waals surface area contributed by atoms with Crippen LogP contribution in [-0.4, -0.2) is 40.3 Å². The number of benzene rings is 1. The maximum Gasteiger partial charge on any atom is 0.325 e. The molecule has 1 aliphatic heterocycles. The van der Waals surface area contributed by atoms with E-state index in [-0.39, 0.29) is 24.2 Å². The van der Waals surface area contributed by atoms with Crippen LogP contribution in [0.2, 0.25) is 0 Å². The van der Waals surface area contributed by atoms with Crippen LogP contribution in [0.5, 0.6) is 0 Å². The topological polar surface area (TPSA) is 122 Å². The zero-order chi connectivity index (χ0) is 20.5. The predicted molar refractivity (Wildman–Crippen MR) is 100 cm³/mol. The lowest BCUT2D eigenvalue weighted by Gasteiger charge is -2.27. The fourth-order valence-corrected chi connectivity index (χ4v) is 3.77. The molecule has 0 bridgehead atoms. The summed E-state index contributed by atoms with van der Waals surface area (Å²) in [7, 11) is 0. The standard InChI is InChI=1S/C19H24N4O5/c1-12-3-7-14(8-4-12)20-16(24)11-22-17(25)19(2,21-18(22)26)13-5-9-15(10-6-13)23(27)28/h5-6,9-10,12,14H,3-4,7-8,11H2,1-2H3,(H,20,24)(H,21,26)/t12?,14?,19-/m1/s1. The molecule has 0 unspecified atom stereocenters. The van der Waals surface area contributed by atoms with Gasteiger partial charge >= 0.3 is 6.03 Å². The summed E-state index contributed by atoms with van der Waals surface area (Å²) in [6, 6.07) is 4.84. The average molecular weight is 388 g/mol. The summed E-state index contributed by atoms with van der Waals surface area (Å²) in [6.07, 6.45) is 3.89. The molecule has 0 radical (unpaired) electrons. The van der Waals surface area contributed by atoms with Crippen LogP contribution in [0, 0.1) is 16.0 Å². The van der Waals surface area contributed by atoms with E-state index in [1.807, 2.05) is 0 Å². The van der Waals surface area contributed by atoms with Crippen LogP contribution in [0.3, 0.4) is 0 Å². The van der Waals surface area contributed by atoms with Crippen LogP contribution < -0.4 is 10.6 Å². The van der Waals surface area contributed by atoms with Crippen LogP contribution in [0.15, 0.2) is 24.3 Å². The summed E-state index contributed by atoms with van der Waals surface area (Å²) in [5, 5.41) is 16.3. The first-order chi connectivity index (χ1) is 13.2. The Hall–Kier alpha value is -2.97. The van der Waals surface area contributed by atoms with E-state index < -0.39 is 22.4 Å². The van der Waals surface area contributed by atoms with Gasteiger partial charge in [-0.2, -0.15) is 0 Å². The Bertz CT molecular complexity index is 801. The smallest absolute Gasteiger partial charge is 0.325 e. The number of urea groups is 1. The van der Waals surface area contributed by atoms with Gasteiger partial charge in [-0.3, -0.25) is 24.6 Å². The molecule has 28 heavy (non-hydrogen) atoms. The third-order valence-electron chi connectivity index (χ3n) is 5.61. The van der Waals surface area contributed by atoms with Gasteiger partial charge in [0.2, 0.25) is 5.91 Å². The first kappa shape index (κ1) is 19.8. The molecule has 0 spiro atoms. The highest BCUT2D eigenvalue weighted by Gasteiger charge is 2.49. The number of nitro groups is 1. The fraction of sp³-hybridized carbons (Fsp3) is 0.526. The Balaban J connectivity index is 1.67. The molecule has 1 saturated carbocycles. The molecule has 150 valence electrons. The minimum absolute atomic E-state index is 0.0746. The number of amides is 4. The molecule has 1 aliphatic carbocycles. The highest BCUT2D eigenvalue weighted by molar-refractivity contribution is 6.09. The Morgan fingerprint density at radius 1 is 1.25 bits per heavy atom. The average Bonchev–Trinajstić information content (AvgIpc) is 2.88. The molecule has 9 heteroatoms. The van der Waals surface area contributed by atoms with Crippen molar-refractivity contribution in [2.45, 2.75) is 51.1 Å². The van der Waals surface area contributed by atoms with Gasteiger partial charge in [-0.05, 0) is 56.2 Å². The number of nitro benzene ring substituents is 1. The van der Waals surface area contributed by atoms with Crippen molar-refractivity contribution < 1.29 is 19.3 Å². The van der Waals surface area contributed by atoms with Gasteiger partial charge in [0.25, 0.3) is 11.6 Å². The van der Waals surface area contributed by atoms with Crippen LogP contribution >= 0.6 is 0 Å². The number of nitrogens with one attached hydrogen (secondary N) is 2. The maximum atomic E-state index is 12.9. The Labute approximate surface area is 162 Å². The molecule has 2 N–H and O–H groups in total. The Morgan fingerprint density at radius 3 is 2.43 bits per heavy atom. The minimum Gasteiger partial charge on any atom is -0.352 e. The van der Waals surface area contributed by atoms with Crippen molar-refractivity contribution in [1.29, 1.82) is 0 Å². The quantitative estimate of drug-likeness (QED) is 0.454. The number of imide groups is 1. The van der Waals surface area contributed by atoms with E-state index in [1.165, 1.54) is 31.2 Å². The van der Waals surface area contributed by atoms with E-state index in [1.54, 1.807) is 0 Å². The first-order valence-electron chi connectivity index (χ1n) is 9.39. The van der Waals surface area contributed by atoms with Gasteiger partial charge in [0, 0.05) is 18.2 Å². The zero-order valence-electron chi connectivity index (χ0n) is 15.9.